The van der Waals surface area contributed by atoms with Crippen LogP contribution in [0.25, 0.3) is 0 Å². The molecule has 1 aromatic rings. The van der Waals surface area contributed by atoms with Gasteiger partial charge in [0.15, 0.2) is 6.10 Å². The average Bonchev–Trinajstić information content (AvgIpc) is 2.54. The second-order valence-electron chi connectivity index (χ2n) is 4.94. The third kappa shape index (κ3) is 7.66. The minimum absolute atomic E-state index is 0.0461. The summed E-state index contributed by atoms with van der Waals surface area (Å²) in [6, 6.07) is 4.19. The second kappa shape index (κ2) is 9.62. The first kappa shape index (κ1) is 20.4. The van der Waals surface area contributed by atoms with Gasteiger partial charge in [0.2, 0.25) is 5.91 Å². The molecule has 0 bridgehead atoms. The highest BCUT2D eigenvalue weighted by molar-refractivity contribution is 8.01. The van der Waals surface area contributed by atoms with Gasteiger partial charge in [-0.2, -0.15) is 0 Å². The number of imide groups is 1. The minimum atomic E-state index is -1.20. The third-order valence-electron chi connectivity index (χ3n) is 2.83. The van der Waals surface area contributed by atoms with Crippen LogP contribution in [0.2, 0.25) is 0 Å². The molecule has 0 aliphatic carbocycles. The standard InChI is InChI=1S/C15H18FN3O5S/c1-8(13(21)19-15(17)23)24-14(22)9(2)25-7-12(20)18-11-5-3-10(16)4-6-11/h3-6,8-9H,7H2,1-2H3,(H,18,20)(H3,17,19,21,23)/t8-,9-/m1/s1. The maximum Gasteiger partial charge on any atom is 0.319 e. The summed E-state index contributed by atoms with van der Waals surface area (Å²) in [7, 11) is 0. The van der Waals surface area contributed by atoms with Crippen LogP contribution in [0.15, 0.2) is 24.3 Å². The number of benzene rings is 1. The van der Waals surface area contributed by atoms with Crippen LogP contribution in [0.5, 0.6) is 0 Å². The van der Waals surface area contributed by atoms with Crippen LogP contribution in [0.4, 0.5) is 14.9 Å². The fraction of sp³-hybridized carbons (Fsp3) is 0.333. The lowest BCUT2D eigenvalue weighted by molar-refractivity contribution is -0.153. The Labute approximate surface area is 147 Å². The van der Waals surface area contributed by atoms with Gasteiger partial charge < -0.3 is 15.8 Å². The highest BCUT2D eigenvalue weighted by Crippen LogP contribution is 2.15. The zero-order valence-electron chi connectivity index (χ0n) is 13.6. The summed E-state index contributed by atoms with van der Waals surface area (Å²) >= 11 is 0.999. The van der Waals surface area contributed by atoms with E-state index in [1.165, 1.54) is 38.1 Å². The third-order valence-corrected chi connectivity index (χ3v) is 3.95. The van der Waals surface area contributed by atoms with Crippen LogP contribution in [0.3, 0.4) is 0 Å². The zero-order valence-corrected chi connectivity index (χ0v) is 14.4. The fourth-order valence-corrected chi connectivity index (χ4v) is 2.21. The summed E-state index contributed by atoms with van der Waals surface area (Å²) < 4.78 is 17.7. The van der Waals surface area contributed by atoms with Gasteiger partial charge >= 0.3 is 12.0 Å². The number of hydrogen-bond acceptors (Lipinski definition) is 6. The van der Waals surface area contributed by atoms with Gasteiger partial charge in [0.1, 0.15) is 11.1 Å². The van der Waals surface area contributed by atoms with Crippen LogP contribution in [-0.4, -0.2) is 40.9 Å². The summed E-state index contributed by atoms with van der Waals surface area (Å²) in [6.45, 7) is 2.80. The molecule has 0 aromatic heterocycles. The van der Waals surface area contributed by atoms with Gasteiger partial charge in [-0.25, -0.2) is 9.18 Å². The lowest BCUT2D eigenvalue weighted by atomic mass is 10.3. The molecule has 0 fully saturated rings. The lowest BCUT2D eigenvalue weighted by Gasteiger charge is -2.15. The number of esters is 1. The van der Waals surface area contributed by atoms with Crippen molar-refractivity contribution in [2.75, 3.05) is 11.1 Å². The molecule has 0 unspecified atom stereocenters. The monoisotopic (exact) mass is 371 g/mol. The van der Waals surface area contributed by atoms with E-state index in [-0.39, 0.29) is 11.7 Å². The quantitative estimate of drug-likeness (QED) is 0.614. The molecule has 0 saturated carbocycles. The number of primary amides is 1. The molecular formula is C15H18FN3O5S. The predicted octanol–water partition coefficient (Wildman–Crippen LogP) is 1.01. The van der Waals surface area contributed by atoms with E-state index in [9.17, 15) is 23.6 Å². The number of ether oxygens (including phenoxy) is 1. The first-order valence-corrected chi connectivity index (χ1v) is 8.21. The molecule has 1 aromatic carbocycles. The van der Waals surface area contributed by atoms with Crippen molar-refractivity contribution in [2.45, 2.75) is 25.2 Å². The van der Waals surface area contributed by atoms with E-state index in [0.29, 0.717) is 5.69 Å². The first-order chi connectivity index (χ1) is 11.7. The Morgan fingerprint density at radius 1 is 1.20 bits per heavy atom. The van der Waals surface area contributed by atoms with E-state index in [1.807, 2.05) is 0 Å². The van der Waals surface area contributed by atoms with Crippen molar-refractivity contribution in [3.8, 4) is 0 Å². The van der Waals surface area contributed by atoms with Gasteiger partial charge in [-0.1, -0.05) is 0 Å². The molecule has 10 heteroatoms. The molecule has 0 aliphatic rings. The maximum atomic E-state index is 12.8. The summed E-state index contributed by atoms with van der Waals surface area (Å²) in [5, 5.41) is 3.62. The molecule has 0 radical (unpaired) electrons. The van der Waals surface area contributed by atoms with Gasteiger partial charge in [-0.15, -0.1) is 11.8 Å². The molecule has 136 valence electrons. The van der Waals surface area contributed by atoms with Crippen LogP contribution < -0.4 is 16.4 Å². The summed E-state index contributed by atoms with van der Waals surface area (Å²) in [5.74, 6) is -2.40. The number of carbonyl (C=O) groups is 4. The molecule has 0 aliphatic heterocycles. The predicted molar refractivity (Wildman–Crippen MR) is 90.2 cm³/mol. The van der Waals surface area contributed by atoms with Crippen molar-refractivity contribution in [3.05, 3.63) is 30.1 Å². The van der Waals surface area contributed by atoms with E-state index in [0.717, 1.165) is 11.8 Å². The Kier molecular flexibility index (Phi) is 7.86. The minimum Gasteiger partial charge on any atom is -0.452 e. The van der Waals surface area contributed by atoms with Crippen molar-refractivity contribution in [1.82, 2.24) is 5.32 Å². The van der Waals surface area contributed by atoms with Gasteiger partial charge in [0.25, 0.3) is 5.91 Å². The molecule has 0 heterocycles. The van der Waals surface area contributed by atoms with E-state index in [1.54, 1.807) is 5.32 Å². The number of amides is 4. The molecule has 1 rings (SSSR count). The number of nitrogens with two attached hydrogens (primary N) is 1. The first-order valence-electron chi connectivity index (χ1n) is 7.17. The number of hydrogen-bond donors (Lipinski definition) is 3. The van der Waals surface area contributed by atoms with Gasteiger partial charge in [0, 0.05) is 5.69 Å². The molecule has 0 spiro atoms. The molecule has 25 heavy (non-hydrogen) atoms. The number of thioether (sulfide) groups is 1. The van der Waals surface area contributed by atoms with E-state index < -0.39 is 35.1 Å². The maximum absolute atomic E-state index is 12.8. The van der Waals surface area contributed by atoms with E-state index in [2.05, 4.69) is 5.32 Å². The van der Waals surface area contributed by atoms with E-state index >= 15 is 0 Å². The normalized spacial score (nSPS) is 12.6. The Balaban J connectivity index is 2.39. The molecule has 4 amide bonds. The smallest absolute Gasteiger partial charge is 0.319 e. The number of nitrogens with one attached hydrogen (secondary N) is 2. The van der Waals surface area contributed by atoms with Crippen molar-refractivity contribution >= 4 is 41.3 Å². The molecule has 2 atom stereocenters. The number of rotatable bonds is 7. The average molecular weight is 371 g/mol. The number of urea groups is 1. The summed E-state index contributed by atoms with van der Waals surface area (Å²) in [4.78, 5) is 45.6. The van der Waals surface area contributed by atoms with Crippen LogP contribution >= 0.6 is 11.8 Å². The Morgan fingerprint density at radius 3 is 2.36 bits per heavy atom. The molecule has 4 N–H and O–H groups in total. The summed E-state index contributed by atoms with van der Waals surface area (Å²) in [6.07, 6.45) is -1.20. The number of anilines is 1. The van der Waals surface area contributed by atoms with Gasteiger partial charge in [0.05, 0.1) is 5.75 Å². The van der Waals surface area contributed by atoms with Crippen molar-refractivity contribution in [2.24, 2.45) is 5.73 Å². The van der Waals surface area contributed by atoms with Crippen LogP contribution in [-0.2, 0) is 19.1 Å². The molecule has 0 saturated heterocycles. The van der Waals surface area contributed by atoms with Crippen LogP contribution in [0, 0.1) is 5.82 Å². The molecular weight excluding hydrogens is 353 g/mol. The summed E-state index contributed by atoms with van der Waals surface area (Å²) in [5.41, 5.74) is 5.22. The van der Waals surface area contributed by atoms with Crippen molar-refractivity contribution < 1.29 is 28.3 Å². The Bertz CT molecular complexity index is 653. The molecule has 8 nitrogen and oxygen atoms in total. The van der Waals surface area contributed by atoms with Crippen molar-refractivity contribution in [1.29, 1.82) is 0 Å². The van der Waals surface area contributed by atoms with Gasteiger partial charge in [-0.3, -0.25) is 19.7 Å². The lowest BCUT2D eigenvalue weighted by Crippen LogP contribution is -2.42. The Hall–Kier alpha value is -2.62. The van der Waals surface area contributed by atoms with Crippen LogP contribution in [0.1, 0.15) is 13.8 Å². The SMILES string of the molecule is C[C@@H](OC(=O)[C@@H](C)SCC(=O)Nc1ccc(F)cc1)C(=O)NC(N)=O. The topological polar surface area (TPSA) is 128 Å². The van der Waals surface area contributed by atoms with E-state index in [4.69, 9.17) is 10.5 Å². The van der Waals surface area contributed by atoms with Gasteiger partial charge in [-0.05, 0) is 38.1 Å². The zero-order chi connectivity index (χ0) is 19.0. The number of carbonyl (C=O) groups excluding carboxylic acids is 4. The largest absolute Gasteiger partial charge is 0.452 e. The highest BCUT2D eigenvalue weighted by Gasteiger charge is 2.23. The number of halogens is 1. The second-order valence-corrected chi connectivity index (χ2v) is 6.27. The van der Waals surface area contributed by atoms with Crippen molar-refractivity contribution in [3.63, 3.8) is 0 Å². The Morgan fingerprint density at radius 2 is 1.80 bits per heavy atom. The fourth-order valence-electron chi connectivity index (χ4n) is 1.55. The highest BCUT2D eigenvalue weighted by atomic mass is 32.2.